The minimum Gasteiger partial charge on any atom is -0.497 e. The summed E-state index contributed by atoms with van der Waals surface area (Å²) in [6, 6.07) is 14.9. The predicted octanol–water partition coefficient (Wildman–Crippen LogP) is 3.23. The van der Waals surface area contributed by atoms with Gasteiger partial charge in [-0.3, -0.25) is 0 Å². The van der Waals surface area contributed by atoms with Gasteiger partial charge in [-0.1, -0.05) is 22.0 Å². The Bertz CT molecular complexity index is 963. The second-order valence-electron chi connectivity index (χ2n) is 6.41. The van der Waals surface area contributed by atoms with Gasteiger partial charge < -0.3 is 14.5 Å². The number of hydrogen-bond donors (Lipinski definition) is 0. The van der Waals surface area contributed by atoms with Gasteiger partial charge in [0.15, 0.2) is 14.9 Å². The largest absolute Gasteiger partial charge is 0.497 e. The van der Waals surface area contributed by atoms with E-state index in [0.717, 1.165) is 15.8 Å². The number of fused-ring (bicyclic) bond motifs is 1. The van der Waals surface area contributed by atoms with Gasteiger partial charge in [0.2, 0.25) is 0 Å². The van der Waals surface area contributed by atoms with Gasteiger partial charge >= 0.3 is 0 Å². The first-order chi connectivity index (χ1) is 12.4. The van der Waals surface area contributed by atoms with Crippen LogP contribution in [0, 0.1) is 0 Å². The molecule has 26 heavy (non-hydrogen) atoms. The van der Waals surface area contributed by atoms with Crippen LogP contribution in [0.2, 0.25) is 0 Å². The van der Waals surface area contributed by atoms with Crippen LogP contribution in [-0.2, 0) is 9.84 Å². The SMILES string of the molecule is COc1cccc(N2C(=S)N(c3ccc(Br)cc3)[C@H]3CS(=O)(=O)C[C@H]32)c1. The summed E-state index contributed by atoms with van der Waals surface area (Å²) in [5.41, 5.74) is 1.75. The second kappa shape index (κ2) is 6.51. The maximum absolute atomic E-state index is 12.4. The lowest BCUT2D eigenvalue weighted by Gasteiger charge is -2.26. The van der Waals surface area contributed by atoms with E-state index in [0.29, 0.717) is 10.9 Å². The van der Waals surface area contributed by atoms with E-state index in [1.165, 1.54) is 0 Å². The van der Waals surface area contributed by atoms with Crippen molar-refractivity contribution < 1.29 is 13.2 Å². The van der Waals surface area contributed by atoms with E-state index in [1.54, 1.807) is 7.11 Å². The summed E-state index contributed by atoms with van der Waals surface area (Å²) in [7, 11) is -1.51. The van der Waals surface area contributed by atoms with Crippen molar-refractivity contribution >= 4 is 54.5 Å². The second-order valence-corrected chi connectivity index (χ2v) is 9.85. The normalized spacial score (nSPS) is 24.0. The Hall–Kier alpha value is -1.64. The van der Waals surface area contributed by atoms with Crippen molar-refractivity contribution in [3.8, 4) is 5.75 Å². The molecular weight excluding hydrogens is 436 g/mol. The Morgan fingerprint density at radius 2 is 1.65 bits per heavy atom. The molecule has 136 valence electrons. The van der Waals surface area contributed by atoms with Gasteiger partial charge in [0.25, 0.3) is 0 Å². The van der Waals surface area contributed by atoms with Crippen molar-refractivity contribution in [2.24, 2.45) is 0 Å². The Morgan fingerprint density at radius 3 is 2.27 bits per heavy atom. The van der Waals surface area contributed by atoms with Crippen molar-refractivity contribution in [2.45, 2.75) is 12.1 Å². The van der Waals surface area contributed by atoms with Crippen LogP contribution in [0.1, 0.15) is 0 Å². The molecule has 0 radical (unpaired) electrons. The van der Waals surface area contributed by atoms with Crippen molar-refractivity contribution in [1.82, 2.24) is 0 Å². The quantitative estimate of drug-likeness (QED) is 0.666. The maximum Gasteiger partial charge on any atom is 0.181 e. The first kappa shape index (κ1) is 17.8. The fourth-order valence-corrected chi connectivity index (χ4v) is 6.33. The summed E-state index contributed by atoms with van der Waals surface area (Å²) in [6.45, 7) is 0. The molecule has 0 amide bonds. The summed E-state index contributed by atoms with van der Waals surface area (Å²) in [5.74, 6) is 0.918. The van der Waals surface area contributed by atoms with E-state index in [-0.39, 0.29) is 23.6 Å². The molecule has 0 aromatic heterocycles. The number of hydrogen-bond acceptors (Lipinski definition) is 4. The van der Waals surface area contributed by atoms with E-state index in [2.05, 4.69) is 15.9 Å². The molecule has 0 bridgehead atoms. The summed E-state index contributed by atoms with van der Waals surface area (Å²) in [4.78, 5) is 3.92. The molecule has 4 rings (SSSR count). The highest BCUT2D eigenvalue weighted by molar-refractivity contribution is 9.10. The van der Waals surface area contributed by atoms with Crippen LogP contribution in [0.3, 0.4) is 0 Å². The zero-order valence-electron chi connectivity index (χ0n) is 14.0. The number of sulfone groups is 1. The summed E-state index contributed by atoms with van der Waals surface area (Å²) < 4.78 is 31.0. The molecule has 0 unspecified atom stereocenters. The number of ether oxygens (including phenoxy) is 1. The smallest absolute Gasteiger partial charge is 0.181 e. The van der Waals surface area contributed by atoms with Crippen LogP contribution in [0.25, 0.3) is 0 Å². The van der Waals surface area contributed by atoms with Crippen LogP contribution in [-0.4, -0.2) is 44.2 Å². The number of rotatable bonds is 3. The third-order valence-electron chi connectivity index (χ3n) is 4.81. The number of thiocarbonyl (C=S) groups is 1. The van der Waals surface area contributed by atoms with Gasteiger partial charge in [0, 0.05) is 21.9 Å². The van der Waals surface area contributed by atoms with E-state index in [9.17, 15) is 8.42 Å². The highest BCUT2D eigenvalue weighted by Crippen LogP contribution is 2.39. The lowest BCUT2D eigenvalue weighted by molar-refractivity contribution is 0.415. The summed E-state index contributed by atoms with van der Waals surface area (Å²) in [5, 5.41) is 0.616. The van der Waals surface area contributed by atoms with Gasteiger partial charge in [-0.15, -0.1) is 0 Å². The average Bonchev–Trinajstić information content (AvgIpc) is 3.04. The van der Waals surface area contributed by atoms with Crippen molar-refractivity contribution in [1.29, 1.82) is 0 Å². The minimum atomic E-state index is -3.12. The number of benzene rings is 2. The summed E-state index contributed by atoms with van der Waals surface area (Å²) in [6.07, 6.45) is 0. The van der Waals surface area contributed by atoms with Crippen LogP contribution in [0.15, 0.2) is 53.0 Å². The van der Waals surface area contributed by atoms with Crippen molar-refractivity contribution in [3.63, 3.8) is 0 Å². The number of nitrogens with zero attached hydrogens (tertiary/aromatic N) is 2. The molecule has 2 aromatic carbocycles. The minimum absolute atomic E-state index is 0.0993. The molecule has 0 N–H and O–H groups in total. The monoisotopic (exact) mass is 452 g/mol. The molecule has 2 aliphatic heterocycles. The van der Waals surface area contributed by atoms with Crippen LogP contribution < -0.4 is 14.5 Å². The topological polar surface area (TPSA) is 49.9 Å². The molecule has 0 aliphatic carbocycles. The number of anilines is 2. The lowest BCUT2D eigenvalue weighted by atomic mass is 10.1. The van der Waals surface area contributed by atoms with Crippen LogP contribution in [0.4, 0.5) is 11.4 Å². The van der Waals surface area contributed by atoms with E-state index in [4.69, 9.17) is 17.0 Å². The molecule has 2 atom stereocenters. The van der Waals surface area contributed by atoms with Crippen LogP contribution in [0.5, 0.6) is 5.75 Å². The molecular formula is C18H17BrN2O3S2. The molecule has 0 saturated carbocycles. The molecule has 0 spiro atoms. The highest BCUT2D eigenvalue weighted by Gasteiger charge is 2.52. The molecule has 2 fully saturated rings. The van der Waals surface area contributed by atoms with Crippen molar-refractivity contribution in [3.05, 3.63) is 53.0 Å². The first-order valence-corrected chi connectivity index (χ1v) is 11.1. The first-order valence-electron chi connectivity index (χ1n) is 8.12. The van der Waals surface area contributed by atoms with Gasteiger partial charge in [-0.25, -0.2) is 8.42 Å². The molecule has 2 aliphatic rings. The van der Waals surface area contributed by atoms with E-state index >= 15 is 0 Å². The van der Waals surface area contributed by atoms with Gasteiger partial charge in [0.05, 0.1) is 30.7 Å². The fourth-order valence-electron chi connectivity index (χ4n) is 3.67. The Kier molecular flexibility index (Phi) is 4.45. The third kappa shape index (κ3) is 3.00. The predicted molar refractivity (Wildman–Crippen MR) is 111 cm³/mol. The third-order valence-corrected chi connectivity index (χ3v) is 7.43. The fraction of sp³-hybridized carbons (Fsp3) is 0.278. The zero-order chi connectivity index (χ0) is 18.5. The number of halogens is 1. The van der Waals surface area contributed by atoms with E-state index in [1.807, 2.05) is 58.3 Å². The molecule has 5 nitrogen and oxygen atoms in total. The molecule has 8 heteroatoms. The molecule has 2 saturated heterocycles. The van der Waals surface area contributed by atoms with E-state index < -0.39 is 9.84 Å². The van der Waals surface area contributed by atoms with Gasteiger partial charge in [-0.2, -0.15) is 0 Å². The lowest BCUT2D eigenvalue weighted by Crippen LogP contribution is -2.37. The maximum atomic E-state index is 12.4. The average molecular weight is 453 g/mol. The Balaban J connectivity index is 1.80. The zero-order valence-corrected chi connectivity index (χ0v) is 17.2. The Morgan fingerprint density at radius 1 is 1.04 bits per heavy atom. The van der Waals surface area contributed by atoms with Crippen LogP contribution >= 0.6 is 28.1 Å². The van der Waals surface area contributed by atoms with Gasteiger partial charge in [0.1, 0.15) is 5.75 Å². The van der Waals surface area contributed by atoms with Crippen molar-refractivity contribution in [2.75, 3.05) is 28.4 Å². The van der Waals surface area contributed by atoms with Gasteiger partial charge in [-0.05, 0) is 48.6 Å². The Labute approximate surface area is 166 Å². The number of methoxy groups -OCH3 is 1. The highest BCUT2D eigenvalue weighted by atomic mass is 79.9. The molecule has 2 heterocycles. The molecule has 2 aromatic rings. The summed E-state index contributed by atoms with van der Waals surface area (Å²) >= 11 is 9.21. The standard InChI is InChI=1S/C18H17BrN2O3S2/c1-24-15-4-2-3-14(9-15)21-17-11-26(22,23)10-16(17)20(18(21)25)13-7-5-12(19)6-8-13/h2-9,16-17H,10-11H2,1H3/t16-,17+/m0/s1.